The lowest BCUT2D eigenvalue weighted by molar-refractivity contribution is -0.124. The van der Waals surface area contributed by atoms with Gasteiger partial charge in [-0.2, -0.15) is 0 Å². The second-order valence-electron chi connectivity index (χ2n) is 3.61. The lowest BCUT2D eigenvalue weighted by Crippen LogP contribution is -2.47. The monoisotopic (exact) mass is 219 g/mol. The van der Waals surface area contributed by atoms with Crippen LogP contribution in [0.15, 0.2) is 36.5 Å². The molecule has 0 aliphatic carbocycles. The highest BCUT2D eigenvalue weighted by atomic mass is 16.3. The number of aliphatic hydroxyl groups excluding tert-OH is 1. The summed E-state index contributed by atoms with van der Waals surface area (Å²) in [6.45, 7) is 0.512. The molecule has 16 heavy (non-hydrogen) atoms. The number of amides is 1. The average molecular weight is 219 g/mol. The predicted octanol–water partition coefficient (Wildman–Crippen LogP) is -0.00980. The highest BCUT2D eigenvalue weighted by molar-refractivity contribution is 5.88. The minimum absolute atomic E-state index is 0.291. The van der Waals surface area contributed by atoms with Crippen LogP contribution in [0.1, 0.15) is 5.56 Å². The SMILES string of the molecule is Nc1ccc(CN2C=CC(=O)NC2O)cc1. The molecule has 0 bridgehead atoms. The van der Waals surface area contributed by atoms with E-state index in [2.05, 4.69) is 5.32 Å². The number of carbonyl (C=O) groups excluding carboxylic acids is 1. The van der Waals surface area contributed by atoms with Crippen LogP contribution in [0.3, 0.4) is 0 Å². The Morgan fingerprint density at radius 1 is 1.38 bits per heavy atom. The molecule has 1 atom stereocenters. The molecule has 0 saturated heterocycles. The van der Waals surface area contributed by atoms with Crippen molar-refractivity contribution in [3.8, 4) is 0 Å². The second kappa shape index (κ2) is 4.24. The maximum absolute atomic E-state index is 10.9. The summed E-state index contributed by atoms with van der Waals surface area (Å²) in [6, 6.07) is 7.36. The molecule has 0 radical (unpaired) electrons. The van der Waals surface area contributed by atoms with E-state index < -0.39 is 6.35 Å². The van der Waals surface area contributed by atoms with Gasteiger partial charge in [0.1, 0.15) is 0 Å². The Morgan fingerprint density at radius 3 is 2.69 bits per heavy atom. The predicted molar refractivity (Wildman–Crippen MR) is 59.7 cm³/mol. The van der Waals surface area contributed by atoms with Crippen molar-refractivity contribution in [1.29, 1.82) is 0 Å². The quantitative estimate of drug-likeness (QED) is 0.611. The van der Waals surface area contributed by atoms with E-state index in [1.54, 1.807) is 23.2 Å². The number of carbonyl (C=O) groups is 1. The fourth-order valence-corrected chi connectivity index (χ4v) is 1.48. The Kier molecular flexibility index (Phi) is 2.78. The number of hydrogen-bond acceptors (Lipinski definition) is 4. The van der Waals surface area contributed by atoms with Gasteiger partial charge in [-0.15, -0.1) is 0 Å². The van der Waals surface area contributed by atoms with Gasteiger partial charge in [0.25, 0.3) is 0 Å². The van der Waals surface area contributed by atoms with E-state index in [-0.39, 0.29) is 5.91 Å². The molecule has 1 aromatic rings. The van der Waals surface area contributed by atoms with Crippen LogP contribution in [-0.2, 0) is 11.3 Å². The number of nitrogen functional groups attached to an aromatic ring is 1. The Morgan fingerprint density at radius 2 is 2.06 bits per heavy atom. The molecule has 5 nitrogen and oxygen atoms in total. The summed E-state index contributed by atoms with van der Waals surface area (Å²) in [5, 5.41) is 12.0. The molecule has 0 saturated carbocycles. The fourth-order valence-electron chi connectivity index (χ4n) is 1.48. The number of aliphatic hydroxyl groups is 1. The molecule has 1 aliphatic heterocycles. The van der Waals surface area contributed by atoms with Gasteiger partial charge >= 0.3 is 0 Å². The van der Waals surface area contributed by atoms with Crippen molar-refractivity contribution in [1.82, 2.24) is 10.2 Å². The van der Waals surface area contributed by atoms with Crippen molar-refractivity contribution in [2.45, 2.75) is 12.9 Å². The molecule has 4 N–H and O–H groups in total. The van der Waals surface area contributed by atoms with Gasteiger partial charge in [-0.05, 0) is 17.7 Å². The number of benzene rings is 1. The van der Waals surface area contributed by atoms with Crippen molar-refractivity contribution >= 4 is 11.6 Å². The number of nitrogens with one attached hydrogen (secondary N) is 1. The van der Waals surface area contributed by atoms with Gasteiger partial charge in [0.05, 0.1) is 0 Å². The number of rotatable bonds is 2. The first-order valence-electron chi connectivity index (χ1n) is 4.92. The zero-order valence-corrected chi connectivity index (χ0v) is 8.63. The van der Waals surface area contributed by atoms with E-state index >= 15 is 0 Å². The third-order valence-corrected chi connectivity index (χ3v) is 2.35. The standard InChI is InChI=1S/C11H13N3O2/c12-9-3-1-8(2-4-9)7-14-6-5-10(15)13-11(14)16/h1-6,11,16H,7,12H2,(H,13,15). The van der Waals surface area contributed by atoms with Gasteiger partial charge in [0, 0.05) is 24.5 Å². The molecule has 1 heterocycles. The van der Waals surface area contributed by atoms with Gasteiger partial charge in [-0.3, -0.25) is 4.79 Å². The minimum Gasteiger partial charge on any atom is -0.399 e. The summed E-state index contributed by atoms with van der Waals surface area (Å²) in [6.07, 6.45) is 1.97. The summed E-state index contributed by atoms with van der Waals surface area (Å²) in [4.78, 5) is 12.5. The number of anilines is 1. The molecule has 0 aromatic heterocycles. The van der Waals surface area contributed by atoms with Crippen LogP contribution in [0, 0.1) is 0 Å². The van der Waals surface area contributed by atoms with Crippen molar-refractivity contribution in [3.63, 3.8) is 0 Å². The highest BCUT2D eigenvalue weighted by Gasteiger charge is 2.18. The molecule has 1 aromatic carbocycles. The summed E-state index contributed by atoms with van der Waals surface area (Å²) >= 11 is 0. The number of nitrogens with zero attached hydrogens (tertiary/aromatic N) is 1. The van der Waals surface area contributed by atoms with E-state index in [9.17, 15) is 9.90 Å². The Bertz CT molecular complexity index is 414. The third-order valence-electron chi connectivity index (χ3n) is 2.35. The lowest BCUT2D eigenvalue weighted by Gasteiger charge is -2.29. The summed E-state index contributed by atoms with van der Waals surface area (Å²) in [7, 11) is 0. The van der Waals surface area contributed by atoms with Crippen LogP contribution in [0.4, 0.5) is 5.69 Å². The largest absolute Gasteiger partial charge is 0.399 e. The van der Waals surface area contributed by atoms with Gasteiger partial charge in [0.15, 0.2) is 0 Å². The first-order chi connectivity index (χ1) is 7.65. The molecule has 0 fully saturated rings. The van der Waals surface area contributed by atoms with E-state index in [1.807, 2.05) is 12.1 Å². The van der Waals surface area contributed by atoms with Crippen LogP contribution in [0.25, 0.3) is 0 Å². The normalized spacial score (nSPS) is 19.7. The maximum atomic E-state index is 10.9. The Labute approximate surface area is 93.2 Å². The topological polar surface area (TPSA) is 78.6 Å². The van der Waals surface area contributed by atoms with Crippen LogP contribution in [-0.4, -0.2) is 22.3 Å². The summed E-state index contributed by atoms with van der Waals surface area (Å²) < 4.78 is 0. The molecule has 2 rings (SSSR count). The van der Waals surface area contributed by atoms with Gasteiger partial charge in [0.2, 0.25) is 12.3 Å². The van der Waals surface area contributed by atoms with E-state index in [1.165, 1.54) is 6.08 Å². The first kappa shape index (κ1) is 10.5. The Balaban J connectivity index is 2.07. The van der Waals surface area contributed by atoms with Crippen molar-refractivity contribution in [2.75, 3.05) is 5.73 Å². The van der Waals surface area contributed by atoms with Gasteiger partial charge < -0.3 is 21.1 Å². The van der Waals surface area contributed by atoms with Crippen LogP contribution in [0.5, 0.6) is 0 Å². The molecule has 5 heteroatoms. The van der Waals surface area contributed by atoms with E-state index in [0.29, 0.717) is 12.2 Å². The lowest BCUT2D eigenvalue weighted by atomic mass is 10.2. The van der Waals surface area contributed by atoms with Crippen LogP contribution in [0.2, 0.25) is 0 Å². The Hall–Kier alpha value is -2.01. The number of hydrogen-bond donors (Lipinski definition) is 3. The molecule has 1 aliphatic rings. The van der Waals surface area contributed by atoms with Crippen LogP contribution >= 0.6 is 0 Å². The zero-order valence-electron chi connectivity index (χ0n) is 8.63. The zero-order chi connectivity index (χ0) is 11.5. The molecule has 1 unspecified atom stereocenters. The summed E-state index contributed by atoms with van der Waals surface area (Å²) in [5.74, 6) is -0.291. The molecule has 0 spiro atoms. The maximum Gasteiger partial charge on any atom is 0.248 e. The molecular formula is C11H13N3O2. The smallest absolute Gasteiger partial charge is 0.248 e. The van der Waals surface area contributed by atoms with Crippen molar-refractivity contribution in [2.24, 2.45) is 0 Å². The minimum atomic E-state index is -0.977. The first-order valence-corrected chi connectivity index (χ1v) is 4.92. The van der Waals surface area contributed by atoms with Crippen LogP contribution < -0.4 is 11.1 Å². The number of nitrogens with two attached hydrogens (primary N) is 1. The van der Waals surface area contributed by atoms with E-state index in [0.717, 1.165) is 5.56 Å². The fraction of sp³-hybridized carbons (Fsp3) is 0.182. The highest BCUT2D eigenvalue weighted by Crippen LogP contribution is 2.11. The van der Waals surface area contributed by atoms with Crippen molar-refractivity contribution in [3.05, 3.63) is 42.1 Å². The van der Waals surface area contributed by atoms with E-state index in [4.69, 9.17) is 5.73 Å². The molecule has 84 valence electrons. The second-order valence-corrected chi connectivity index (χ2v) is 3.61. The third kappa shape index (κ3) is 2.32. The van der Waals surface area contributed by atoms with Gasteiger partial charge in [-0.1, -0.05) is 12.1 Å². The van der Waals surface area contributed by atoms with Gasteiger partial charge in [-0.25, -0.2) is 0 Å². The summed E-state index contributed by atoms with van der Waals surface area (Å²) in [5.41, 5.74) is 7.28. The van der Waals surface area contributed by atoms with Crippen molar-refractivity contribution < 1.29 is 9.90 Å². The average Bonchev–Trinajstić information content (AvgIpc) is 2.25. The molecule has 1 amide bonds. The molecular weight excluding hydrogens is 206 g/mol.